The summed E-state index contributed by atoms with van der Waals surface area (Å²) >= 11 is 0. The van der Waals surface area contributed by atoms with Crippen molar-refractivity contribution in [3.05, 3.63) is 17.5 Å². The summed E-state index contributed by atoms with van der Waals surface area (Å²) in [5, 5.41) is 7.75. The highest BCUT2D eigenvalue weighted by Gasteiger charge is 2.19. The molecule has 3 nitrogen and oxygen atoms in total. The average Bonchev–Trinajstić information content (AvgIpc) is 2.48. The third kappa shape index (κ3) is 3.34. The smallest absolute Gasteiger partial charge is 0.0537 e. The van der Waals surface area contributed by atoms with Crippen molar-refractivity contribution in [2.45, 2.75) is 41.2 Å². The van der Waals surface area contributed by atoms with Crippen LogP contribution in [0.25, 0.3) is 0 Å². The Bertz CT molecular complexity index is 333. The van der Waals surface area contributed by atoms with E-state index in [1.807, 2.05) is 17.9 Å². The summed E-state index contributed by atoms with van der Waals surface area (Å²) < 4.78 is 1.92. The molecule has 0 aromatic carbocycles. The Morgan fingerprint density at radius 1 is 1.44 bits per heavy atom. The van der Waals surface area contributed by atoms with E-state index >= 15 is 0 Å². The quantitative estimate of drug-likeness (QED) is 0.850. The summed E-state index contributed by atoms with van der Waals surface area (Å²) in [5.74, 6) is 0.671. The lowest BCUT2D eigenvalue weighted by molar-refractivity contribution is 0.252. The maximum absolute atomic E-state index is 4.24. The van der Waals surface area contributed by atoms with E-state index in [2.05, 4.69) is 45.0 Å². The molecule has 0 saturated carbocycles. The number of aryl methyl sites for hydroxylation is 1. The molecule has 0 bridgehead atoms. The van der Waals surface area contributed by atoms with Gasteiger partial charge in [0.2, 0.25) is 0 Å². The van der Waals surface area contributed by atoms with Crippen molar-refractivity contribution in [1.82, 2.24) is 15.1 Å². The van der Waals surface area contributed by atoms with E-state index in [1.165, 1.54) is 11.3 Å². The predicted molar refractivity (Wildman–Crippen MR) is 68.3 cm³/mol. The van der Waals surface area contributed by atoms with Crippen LogP contribution >= 0.6 is 0 Å². The molecule has 0 fully saturated rings. The van der Waals surface area contributed by atoms with E-state index < -0.39 is 0 Å². The van der Waals surface area contributed by atoms with Crippen LogP contribution in [0.2, 0.25) is 0 Å². The van der Waals surface area contributed by atoms with Gasteiger partial charge in [-0.1, -0.05) is 27.7 Å². The summed E-state index contributed by atoms with van der Waals surface area (Å²) in [6.07, 6.45) is 1.95. The Hall–Kier alpha value is -0.830. The highest BCUT2D eigenvalue weighted by molar-refractivity contribution is 5.15. The monoisotopic (exact) mass is 223 g/mol. The minimum absolute atomic E-state index is 0.372. The Morgan fingerprint density at radius 2 is 2.06 bits per heavy atom. The van der Waals surface area contributed by atoms with Gasteiger partial charge in [0.05, 0.1) is 6.20 Å². The van der Waals surface area contributed by atoms with Crippen LogP contribution in [0.4, 0.5) is 0 Å². The summed E-state index contributed by atoms with van der Waals surface area (Å²) in [4.78, 5) is 0. The molecule has 1 aromatic heterocycles. The van der Waals surface area contributed by atoms with Crippen LogP contribution in [0.3, 0.4) is 0 Å². The standard InChI is InChI=1S/C13H25N3/c1-10(13(3,4)5)7-14-8-12-9-15-16(6)11(12)2/h9-10,14H,7-8H2,1-6H3. The molecule has 0 radical (unpaired) electrons. The molecule has 1 heterocycles. The minimum atomic E-state index is 0.372. The Balaban J connectivity index is 2.39. The minimum Gasteiger partial charge on any atom is -0.312 e. The van der Waals surface area contributed by atoms with E-state index in [-0.39, 0.29) is 0 Å². The van der Waals surface area contributed by atoms with E-state index in [9.17, 15) is 0 Å². The second-order valence-corrected chi connectivity index (χ2v) is 5.78. The molecule has 1 aromatic rings. The topological polar surface area (TPSA) is 29.9 Å². The van der Waals surface area contributed by atoms with E-state index in [1.54, 1.807) is 0 Å². The van der Waals surface area contributed by atoms with E-state index in [4.69, 9.17) is 0 Å². The van der Waals surface area contributed by atoms with Crippen molar-refractivity contribution in [2.75, 3.05) is 6.54 Å². The Morgan fingerprint density at radius 3 is 2.50 bits per heavy atom. The van der Waals surface area contributed by atoms with Crippen molar-refractivity contribution >= 4 is 0 Å². The normalized spacial score (nSPS) is 14.1. The third-order valence-electron chi connectivity index (χ3n) is 3.58. The molecular formula is C13H25N3. The molecule has 1 N–H and O–H groups in total. The number of hydrogen-bond acceptors (Lipinski definition) is 2. The van der Waals surface area contributed by atoms with Crippen molar-refractivity contribution < 1.29 is 0 Å². The molecule has 3 heteroatoms. The van der Waals surface area contributed by atoms with Gasteiger partial charge in [0.25, 0.3) is 0 Å². The number of aromatic nitrogens is 2. The highest BCUT2D eigenvalue weighted by Crippen LogP contribution is 2.24. The van der Waals surface area contributed by atoms with Crippen LogP contribution in [-0.4, -0.2) is 16.3 Å². The summed E-state index contributed by atoms with van der Waals surface area (Å²) in [6, 6.07) is 0. The Labute approximate surface area is 99.2 Å². The first-order valence-corrected chi connectivity index (χ1v) is 6.00. The van der Waals surface area contributed by atoms with Crippen molar-refractivity contribution in [3.8, 4) is 0 Å². The Kier molecular flexibility index (Phi) is 4.14. The maximum Gasteiger partial charge on any atom is 0.0537 e. The zero-order valence-corrected chi connectivity index (χ0v) is 11.5. The zero-order valence-electron chi connectivity index (χ0n) is 11.5. The van der Waals surface area contributed by atoms with Crippen molar-refractivity contribution in [2.24, 2.45) is 18.4 Å². The van der Waals surface area contributed by atoms with Crippen LogP contribution < -0.4 is 5.32 Å². The molecule has 92 valence electrons. The van der Waals surface area contributed by atoms with Gasteiger partial charge in [0.15, 0.2) is 0 Å². The van der Waals surface area contributed by atoms with Crippen LogP contribution in [0.1, 0.15) is 39.0 Å². The van der Waals surface area contributed by atoms with Gasteiger partial charge in [-0.15, -0.1) is 0 Å². The lowest BCUT2D eigenvalue weighted by Crippen LogP contribution is -2.29. The fourth-order valence-electron chi connectivity index (χ4n) is 1.45. The second kappa shape index (κ2) is 5.00. The van der Waals surface area contributed by atoms with Gasteiger partial charge < -0.3 is 5.32 Å². The number of nitrogens with one attached hydrogen (secondary N) is 1. The fraction of sp³-hybridized carbons (Fsp3) is 0.769. The summed E-state index contributed by atoms with van der Waals surface area (Å²) in [7, 11) is 1.98. The van der Waals surface area contributed by atoms with Crippen molar-refractivity contribution in [3.63, 3.8) is 0 Å². The molecule has 0 aliphatic heterocycles. The van der Waals surface area contributed by atoms with Gasteiger partial charge in [0, 0.05) is 24.8 Å². The SMILES string of the molecule is Cc1c(CNCC(C)C(C)(C)C)cnn1C. The van der Waals surface area contributed by atoms with Crippen molar-refractivity contribution in [1.29, 1.82) is 0 Å². The molecule has 0 amide bonds. The van der Waals surface area contributed by atoms with Gasteiger partial charge in [0.1, 0.15) is 0 Å². The number of nitrogens with zero attached hydrogens (tertiary/aromatic N) is 2. The predicted octanol–water partition coefficient (Wildman–Crippen LogP) is 2.50. The molecule has 0 aliphatic carbocycles. The molecule has 16 heavy (non-hydrogen) atoms. The van der Waals surface area contributed by atoms with Crippen LogP contribution in [0.5, 0.6) is 0 Å². The van der Waals surface area contributed by atoms with Crippen LogP contribution in [0, 0.1) is 18.3 Å². The molecule has 0 aliphatic rings. The van der Waals surface area contributed by atoms with Crippen LogP contribution in [-0.2, 0) is 13.6 Å². The van der Waals surface area contributed by atoms with Gasteiger partial charge in [-0.25, -0.2) is 0 Å². The molecule has 1 rings (SSSR count). The molecule has 1 unspecified atom stereocenters. The molecule has 1 atom stereocenters. The summed E-state index contributed by atoms with van der Waals surface area (Å²) in [6.45, 7) is 13.2. The highest BCUT2D eigenvalue weighted by atomic mass is 15.3. The van der Waals surface area contributed by atoms with E-state index in [0.29, 0.717) is 11.3 Å². The van der Waals surface area contributed by atoms with E-state index in [0.717, 1.165) is 13.1 Å². The lowest BCUT2D eigenvalue weighted by Gasteiger charge is -2.27. The lowest BCUT2D eigenvalue weighted by atomic mass is 9.82. The zero-order chi connectivity index (χ0) is 12.3. The third-order valence-corrected chi connectivity index (χ3v) is 3.58. The largest absolute Gasteiger partial charge is 0.312 e. The van der Waals surface area contributed by atoms with Gasteiger partial charge in [-0.3, -0.25) is 4.68 Å². The van der Waals surface area contributed by atoms with Crippen LogP contribution in [0.15, 0.2) is 6.20 Å². The first-order chi connectivity index (χ1) is 7.32. The second-order valence-electron chi connectivity index (χ2n) is 5.78. The molecule has 0 saturated heterocycles. The van der Waals surface area contributed by atoms with Gasteiger partial charge in [-0.05, 0) is 24.8 Å². The summed E-state index contributed by atoms with van der Waals surface area (Å²) in [5.41, 5.74) is 2.91. The average molecular weight is 223 g/mol. The first-order valence-electron chi connectivity index (χ1n) is 6.00. The molecular weight excluding hydrogens is 198 g/mol. The molecule has 0 spiro atoms. The maximum atomic E-state index is 4.24. The number of hydrogen-bond donors (Lipinski definition) is 1. The van der Waals surface area contributed by atoms with Gasteiger partial charge in [-0.2, -0.15) is 5.10 Å². The first kappa shape index (κ1) is 13.2. The van der Waals surface area contributed by atoms with Gasteiger partial charge >= 0.3 is 0 Å². The fourth-order valence-corrected chi connectivity index (χ4v) is 1.45. The number of rotatable bonds is 4.